The summed E-state index contributed by atoms with van der Waals surface area (Å²) in [5, 5.41) is 2.50. The summed E-state index contributed by atoms with van der Waals surface area (Å²) in [5.41, 5.74) is -0.165. The molecule has 0 heterocycles. The standard InChI is InChI=1S/C16H18FNO2/c1-5-16(8-9-16)12-7-6-11(10-13(12)17)18-14(19)20-15(2,3)4/h1,6-7,10H,8-9H2,2-4H3,(H,18,19). The van der Waals surface area contributed by atoms with Crippen LogP contribution >= 0.6 is 0 Å². The molecule has 0 aliphatic heterocycles. The number of rotatable bonds is 2. The lowest BCUT2D eigenvalue weighted by molar-refractivity contribution is 0.0636. The SMILES string of the molecule is C#CC1(c2ccc(NC(=O)OC(C)(C)C)cc2F)CC1. The van der Waals surface area contributed by atoms with Crippen LogP contribution in [0.2, 0.25) is 0 Å². The Labute approximate surface area is 118 Å². The van der Waals surface area contributed by atoms with Crippen molar-refractivity contribution in [2.75, 3.05) is 5.32 Å². The molecule has 1 fully saturated rings. The summed E-state index contributed by atoms with van der Waals surface area (Å²) in [4.78, 5) is 11.6. The van der Waals surface area contributed by atoms with E-state index in [-0.39, 0.29) is 0 Å². The number of ether oxygens (including phenoxy) is 1. The van der Waals surface area contributed by atoms with Crippen molar-refractivity contribution in [3.8, 4) is 12.3 Å². The second kappa shape index (κ2) is 4.82. The molecule has 3 nitrogen and oxygen atoms in total. The van der Waals surface area contributed by atoms with Gasteiger partial charge in [-0.3, -0.25) is 5.32 Å². The third-order valence-electron chi connectivity index (χ3n) is 3.16. The van der Waals surface area contributed by atoms with Crippen molar-refractivity contribution < 1.29 is 13.9 Å². The predicted molar refractivity (Wildman–Crippen MR) is 76.0 cm³/mol. The molecule has 106 valence electrons. The fourth-order valence-corrected chi connectivity index (χ4v) is 2.02. The number of nitrogens with one attached hydrogen (secondary N) is 1. The number of hydrogen-bond acceptors (Lipinski definition) is 2. The Hall–Kier alpha value is -2.02. The van der Waals surface area contributed by atoms with Gasteiger partial charge in [0.15, 0.2) is 0 Å². The van der Waals surface area contributed by atoms with E-state index in [4.69, 9.17) is 11.2 Å². The molecule has 4 heteroatoms. The smallest absolute Gasteiger partial charge is 0.412 e. The minimum absolute atomic E-state index is 0.355. The minimum Gasteiger partial charge on any atom is -0.444 e. The van der Waals surface area contributed by atoms with Gasteiger partial charge in [0.25, 0.3) is 0 Å². The molecule has 20 heavy (non-hydrogen) atoms. The van der Waals surface area contributed by atoms with Crippen LogP contribution in [0.3, 0.4) is 0 Å². The average molecular weight is 275 g/mol. The van der Waals surface area contributed by atoms with Crippen molar-refractivity contribution in [1.29, 1.82) is 0 Å². The van der Waals surface area contributed by atoms with Crippen LogP contribution in [-0.2, 0) is 10.2 Å². The van der Waals surface area contributed by atoms with Crippen LogP contribution in [0.5, 0.6) is 0 Å². The average Bonchev–Trinajstić information content (AvgIpc) is 3.07. The van der Waals surface area contributed by atoms with Crippen LogP contribution in [0, 0.1) is 18.2 Å². The highest BCUT2D eigenvalue weighted by Crippen LogP contribution is 2.48. The van der Waals surface area contributed by atoms with Gasteiger partial charge in [-0.05, 0) is 45.7 Å². The summed E-state index contributed by atoms with van der Waals surface area (Å²) in [6.07, 6.45) is 6.45. The van der Waals surface area contributed by atoms with E-state index < -0.39 is 22.9 Å². The fraction of sp³-hybridized carbons (Fsp3) is 0.438. The van der Waals surface area contributed by atoms with E-state index in [2.05, 4.69) is 11.2 Å². The third-order valence-corrected chi connectivity index (χ3v) is 3.16. The first-order valence-electron chi connectivity index (χ1n) is 6.54. The minimum atomic E-state index is -0.609. The van der Waals surface area contributed by atoms with Crippen LogP contribution in [0.4, 0.5) is 14.9 Å². The molecule has 1 saturated carbocycles. The molecule has 0 radical (unpaired) electrons. The number of benzene rings is 1. The number of carbonyl (C=O) groups excluding carboxylic acids is 1. The van der Waals surface area contributed by atoms with Crippen molar-refractivity contribution >= 4 is 11.8 Å². The summed E-state index contributed by atoms with van der Waals surface area (Å²) in [7, 11) is 0. The van der Waals surface area contributed by atoms with Gasteiger partial charge < -0.3 is 4.74 Å². The maximum atomic E-state index is 14.1. The van der Waals surface area contributed by atoms with Gasteiger partial charge in [0.2, 0.25) is 0 Å². The lowest BCUT2D eigenvalue weighted by Gasteiger charge is -2.20. The number of hydrogen-bond donors (Lipinski definition) is 1. The number of terminal acetylenes is 1. The summed E-state index contributed by atoms with van der Waals surface area (Å²) < 4.78 is 19.2. The zero-order valence-corrected chi connectivity index (χ0v) is 11.9. The van der Waals surface area contributed by atoms with Crippen molar-refractivity contribution in [1.82, 2.24) is 0 Å². The molecular formula is C16H18FNO2. The Morgan fingerprint density at radius 1 is 1.45 bits per heavy atom. The molecule has 1 aliphatic rings. The van der Waals surface area contributed by atoms with E-state index in [1.54, 1.807) is 32.9 Å². The fourth-order valence-electron chi connectivity index (χ4n) is 2.02. The number of halogens is 1. The van der Waals surface area contributed by atoms with Gasteiger partial charge in [0.1, 0.15) is 11.4 Å². The zero-order chi connectivity index (χ0) is 15.0. The van der Waals surface area contributed by atoms with Crippen molar-refractivity contribution in [3.05, 3.63) is 29.6 Å². The summed E-state index contributed by atoms with van der Waals surface area (Å²) in [5.74, 6) is 2.25. The molecule has 0 atom stereocenters. The highest BCUT2D eigenvalue weighted by Gasteiger charge is 2.44. The molecule has 2 rings (SSSR count). The molecule has 1 N–H and O–H groups in total. The van der Waals surface area contributed by atoms with Gasteiger partial charge in [0, 0.05) is 11.3 Å². The van der Waals surface area contributed by atoms with Crippen LogP contribution in [0.1, 0.15) is 39.2 Å². The Bertz CT molecular complexity index is 577. The summed E-state index contributed by atoms with van der Waals surface area (Å²) >= 11 is 0. The number of anilines is 1. The monoisotopic (exact) mass is 275 g/mol. The third kappa shape index (κ3) is 3.11. The molecule has 1 aliphatic carbocycles. The van der Waals surface area contributed by atoms with Gasteiger partial charge in [-0.25, -0.2) is 9.18 Å². The van der Waals surface area contributed by atoms with E-state index in [0.29, 0.717) is 11.3 Å². The number of carbonyl (C=O) groups is 1. The van der Waals surface area contributed by atoms with Crippen LogP contribution in [0.15, 0.2) is 18.2 Å². The topological polar surface area (TPSA) is 38.3 Å². The molecule has 1 amide bonds. The van der Waals surface area contributed by atoms with Crippen molar-refractivity contribution in [2.45, 2.75) is 44.6 Å². The largest absolute Gasteiger partial charge is 0.444 e. The molecule has 0 bridgehead atoms. The normalized spacial score (nSPS) is 16.1. The zero-order valence-electron chi connectivity index (χ0n) is 11.9. The summed E-state index contributed by atoms with van der Waals surface area (Å²) in [6, 6.07) is 4.55. The first-order chi connectivity index (χ1) is 9.26. The van der Waals surface area contributed by atoms with E-state index in [0.717, 1.165) is 12.8 Å². The summed E-state index contributed by atoms with van der Waals surface area (Å²) in [6.45, 7) is 5.29. The van der Waals surface area contributed by atoms with Gasteiger partial charge in [-0.2, -0.15) is 0 Å². The van der Waals surface area contributed by atoms with Gasteiger partial charge in [0.05, 0.1) is 5.41 Å². The molecule has 1 aromatic carbocycles. The maximum absolute atomic E-state index is 14.1. The molecule has 0 unspecified atom stereocenters. The second-order valence-corrected chi connectivity index (χ2v) is 6.05. The highest BCUT2D eigenvalue weighted by atomic mass is 19.1. The molecular weight excluding hydrogens is 257 g/mol. The first kappa shape index (κ1) is 14.4. The van der Waals surface area contributed by atoms with Gasteiger partial charge in [-0.15, -0.1) is 6.42 Å². The van der Waals surface area contributed by atoms with E-state index >= 15 is 0 Å². The lowest BCUT2D eigenvalue weighted by atomic mass is 9.96. The molecule has 0 spiro atoms. The molecule has 1 aromatic rings. The van der Waals surface area contributed by atoms with Crippen LogP contribution < -0.4 is 5.32 Å². The molecule has 0 saturated heterocycles. The van der Waals surface area contributed by atoms with E-state index in [9.17, 15) is 9.18 Å². The maximum Gasteiger partial charge on any atom is 0.412 e. The van der Waals surface area contributed by atoms with E-state index in [1.807, 2.05) is 0 Å². The Morgan fingerprint density at radius 3 is 2.55 bits per heavy atom. The quantitative estimate of drug-likeness (QED) is 0.833. The van der Waals surface area contributed by atoms with Crippen LogP contribution in [-0.4, -0.2) is 11.7 Å². The Balaban J connectivity index is 2.11. The van der Waals surface area contributed by atoms with Crippen LogP contribution in [0.25, 0.3) is 0 Å². The number of amides is 1. The van der Waals surface area contributed by atoms with E-state index in [1.165, 1.54) is 6.07 Å². The van der Waals surface area contributed by atoms with Gasteiger partial charge in [-0.1, -0.05) is 12.0 Å². The predicted octanol–water partition coefficient (Wildman–Crippen LogP) is 3.84. The first-order valence-corrected chi connectivity index (χ1v) is 6.54. The van der Waals surface area contributed by atoms with Crippen molar-refractivity contribution in [3.63, 3.8) is 0 Å². The lowest BCUT2D eigenvalue weighted by Crippen LogP contribution is -2.27. The highest BCUT2D eigenvalue weighted by molar-refractivity contribution is 5.84. The van der Waals surface area contributed by atoms with Gasteiger partial charge >= 0.3 is 6.09 Å². The Morgan fingerprint density at radius 2 is 2.10 bits per heavy atom. The molecule has 0 aromatic heterocycles. The second-order valence-electron chi connectivity index (χ2n) is 6.05. The van der Waals surface area contributed by atoms with Crippen molar-refractivity contribution in [2.24, 2.45) is 0 Å². The Kier molecular flexibility index (Phi) is 3.47.